The lowest BCUT2D eigenvalue weighted by molar-refractivity contribution is -0.385. The minimum absolute atomic E-state index is 0.130. The number of rotatable bonds is 9. The van der Waals surface area contributed by atoms with Gasteiger partial charge in [-0.25, -0.2) is 4.79 Å². The average Bonchev–Trinajstić information content (AvgIpc) is 2.61. The molecule has 0 spiro atoms. The van der Waals surface area contributed by atoms with E-state index in [4.69, 9.17) is 4.74 Å². The standard InChI is InChI=1S/C18H21N3O6/c1-2-3-4-5-6-9-27-15-8-7-12(11-14(15)21(25)26)10-13-16(22)19-18(24)20-17(13)23/h7-8,10-11H,2-6,9H2,1H3,(H2,19,20,22,23,24). The Morgan fingerprint density at radius 3 is 2.37 bits per heavy atom. The third-order valence-electron chi connectivity index (χ3n) is 3.94. The molecule has 0 atom stereocenters. The van der Waals surface area contributed by atoms with Gasteiger partial charge in [-0.1, -0.05) is 38.7 Å². The van der Waals surface area contributed by atoms with Crippen LogP contribution >= 0.6 is 0 Å². The Kier molecular flexibility index (Phi) is 7.04. The lowest BCUT2D eigenvalue weighted by Crippen LogP contribution is -2.51. The summed E-state index contributed by atoms with van der Waals surface area (Å²) in [4.78, 5) is 45.3. The second-order valence-electron chi connectivity index (χ2n) is 6.04. The number of carbonyl (C=O) groups is 3. The van der Waals surface area contributed by atoms with Crippen molar-refractivity contribution in [3.05, 3.63) is 39.4 Å². The number of imide groups is 2. The first-order valence-corrected chi connectivity index (χ1v) is 8.72. The van der Waals surface area contributed by atoms with Crippen LogP contribution in [0.15, 0.2) is 23.8 Å². The molecule has 0 unspecified atom stereocenters. The van der Waals surface area contributed by atoms with Gasteiger partial charge in [-0.15, -0.1) is 0 Å². The molecule has 2 rings (SSSR count). The van der Waals surface area contributed by atoms with Crippen LogP contribution in [0.3, 0.4) is 0 Å². The van der Waals surface area contributed by atoms with Gasteiger partial charge in [-0.2, -0.15) is 0 Å². The fourth-order valence-electron chi connectivity index (χ4n) is 2.55. The van der Waals surface area contributed by atoms with Crippen LogP contribution in [0.4, 0.5) is 10.5 Å². The van der Waals surface area contributed by atoms with E-state index in [2.05, 4.69) is 6.92 Å². The zero-order chi connectivity index (χ0) is 19.8. The van der Waals surface area contributed by atoms with E-state index in [1.165, 1.54) is 24.3 Å². The Balaban J connectivity index is 2.12. The van der Waals surface area contributed by atoms with Crippen molar-refractivity contribution in [2.45, 2.75) is 39.0 Å². The summed E-state index contributed by atoms with van der Waals surface area (Å²) in [5.41, 5.74) is -0.300. The maximum absolute atomic E-state index is 11.7. The molecule has 9 nitrogen and oxygen atoms in total. The van der Waals surface area contributed by atoms with Crippen LogP contribution in [-0.4, -0.2) is 29.4 Å². The largest absolute Gasteiger partial charge is 0.487 e. The van der Waals surface area contributed by atoms with Gasteiger partial charge >= 0.3 is 11.7 Å². The Morgan fingerprint density at radius 1 is 1.07 bits per heavy atom. The van der Waals surface area contributed by atoms with Crippen molar-refractivity contribution >= 4 is 29.6 Å². The van der Waals surface area contributed by atoms with E-state index in [1.807, 2.05) is 10.6 Å². The topological polar surface area (TPSA) is 128 Å². The zero-order valence-corrected chi connectivity index (χ0v) is 14.9. The van der Waals surface area contributed by atoms with Crippen LogP contribution < -0.4 is 15.4 Å². The van der Waals surface area contributed by atoms with E-state index >= 15 is 0 Å². The predicted molar refractivity (Wildman–Crippen MR) is 97.0 cm³/mol. The summed E-state index contributed by atoms with van der Waals surface area (Å²) in [5.74, 6) is -1.59. The number of carbonyl (C=O) groups excluding carboxylic acids is 3. The van der Waals surface area contributed by atoms with Crippen molar-refractivity contribution in [3.63, 3.8) is 0 Å². The molecule has 1 aliphatic rings. The molecule has 9 heteroatoms. The van der Waals surface area contributed by atoms with Crippen molar-refractivity contribution in [1.82, 2.24) is 10.6 Å². The van der Waals surface area contributed by atoms with Crippen molar-refractivity contribution in [1.29, 1.82) is 0 Å². The zero-order valence-electron chi connectivity index (χ0n) is 14.9. The summed E-state index contributed by atoms with van der Waals surface area (Å²) in [6, 6.07) is 3.25. The van der Waals surface area contributed by atoms with Gasteiger partial charge in [0.15, 0.2) is 5.75 Å². The molecule has 0 aliphatic carbocycles. The van der Waals surface area contributed by atoms with Gasteiger partial charge in [-0.05, 0) is 24.1 Å². The predicted octanol–water partition coefficient (Wildman–Crippen LogP) is 2.69. The van der Waals surface area contributed by atoms with Crippen molar-refractivity contribution in [2.75, 3.05) is 6.61 Å². The average molecular weight is 375 g/mol. The Hall–Kier alpha value is -3.23. The molecular formula is C18H21N3O6. The number of nitrogens with one attached hydrogen (secondary N) is 2. The highest BCUT2D eigenvalue weighted by molar-refractivity contribution is 6.31. The highest BCUT2D eigenvalue weighted by Gasteiger charge is 2.28. The number of nitro groups is 1. The second-order valence-corrected chi connectivity index (χ2v) is 6.04. The molecule has 0 saturated carbocycles. The molecule has 0 aromatic heterocycles. The summed E-state index contributed by atoms with van der Waals surface area (Å²) >= 11 is 0. The molecule has 0 radical (unpaired) electrons. The lowest BCUT2D eigenvalue weighted by atomic mass is 10.1. The van der Waals surface area contributed by atoms with Crippen LogP contribution in [0.25, 0.3) is 6.08 Å². The van der Waals surface area contributed by atoms with Crippen LogP contribution in [0, 0.1) is 10.1 Å². The van der Waals surface area contributed by atoms with Crippen LogP contribution in [0.2, 0.25) is 0 Å². The fraction of sp³-hybridized carbons (Fsp3) is 0.389. The van der Waals surface area contributed by atoms with Crippen LogP contribution in [-0.2, 0) is 9.59 Å². The summed E-state index contributed by atoms with van der Waals surface area (Å²) in [7, 11) is 0. The minimum Gasteiger partial charge on any atom is -0.487 e. The Labute approximate surface area is 155 Å². The second kappa shape index (κ2) is 9.46. The van der Waals surface area contributed by atoms with E-state index in [1.54, 1.807) is 0 Å². The van der Waals surface area contributed by atoms with E-state index in [0.29, 0.717) is 6.61 Å². The summed E-state index contributed by atoms with van der Waals surface area (Å²) in [6.45, 7) is 2.49. The monoisotopic (exact) mass is 375 g/mol. The molecule has 4 amide bonds. The van der Waals surface area contributed by atoms with E-state index in [9.17, 15) is 24.5 Å². The lowest BCUT2D eigenvalue weighted by Gasteiger charge is -2.14. The highest BCUT2D eigenvalue weighted by Crippen LogP contribution is 2.29. The van der Waals surface area contributed by atoms with Crippen LogP contribution in [0.5, 0.6) is 5.75 Å². The summed E-state index contributed by atoms with van der Waals surface area (Å²) in [5, 5.41) is 15.2. The molecule has 1 aliphatic heterocycles. The fourth-order valence-corrected chi connectivity index (χ4v) is 2.55. The van der Waals surface area contributed by atoms with Gasteiger partial charge in [0.05, 0.1) is 11.5 Å². The normalized spacial score (nSPS) is 13.8. The molecule has 1 aromatic carbocycles. The number of amides is 4. The number of benzene rings is 1. The SMILES string of the molecule is CCCCCCCOc1ccc(C=C2C(=O)NC(=O)NC2=O)cc1[N+](=O)[O-]. The van der Waals surface area contributed by atoms with Crippen LogP contribution in [0.1, 0.15) is 44.6 Å². The molecule has 1 aromatic rings. The molecule has 1 heterocycles. The summed E-state index contributed by atoms with van der Waals surface area (Å²) < 4.78 is 5.51. The van der Waals surface area contributed by atoms with Gasteiger partial charge in [0.25, 0.3) is 11.8 Å². The molecule has 27 heavy (non-hydrogen) atoms. The smallest absolute Gasteiger partial charge is 0.328 e. The third-order valence-corrected chi connectivity index (χ3v) is 3.94. The number of barbiturate groups is 1. The maximum Gasteiger partial charge on any atom is 0.328 e. The van der Waals surface area contributed by atoms with E-state index < -0.39 is 22.8 Å². The van der Waals surface area contributed by atoms with Gasteiger partial charge in [0.2, 0.25) is 0 Å². The first-order chi connectivity index (χ1) is 12.9. The quantitative estimate of drug-likeness (QED) is 0.225. The number of nitrogens with zero attached hydrogens (tertiary/aromatic N) is 1. The molecule has 144 valence electrons. The minimum atomic E-state index is -0.907. The van der Waals surface area contributed by atoms with Gasteiger partial charge in [0.1, 0.15) is 5.57 Å². The molecular weight excluding hydrogens is 354 g/mol. The molecule has 2 N–H and O–H groups in total. The van der Waals surface area contributed by atoms with Gasteiger partial charge < -0.3 is 4.74 Å². The Morgan fingerprint density at radius 2 is 1.74 bits per heavy atom. The first-order valence-electron chi connectivity index (χ1n) is 8.72. The van der Waals surface area contributed by atoms with Gasteiger partial charge in [0, 0.05) is 6.07 Å². The number of hydrogen-bond acceptors (Lipinski definition) is 6. The molecule has 1 saturated heterocycles. The number of nitro benzene ring substituents is 1. The number of ether oxygens (including phenoxy) is 1. The van der Waals surface area contributed by atoms with Gasteiger partial charge in [-0.3, -0.25) is 30.3 Å². The number of urea groups is 1. The first kappa shape index (κ1) is 20.1. The van der Waals surface area contributed by atoms with E-state index in [-0.39, 0.29) is 22.6 Å². The molecule has 1 fully saturated rings. The van der Waals surface area contributed by atoms with Crippen molar-refractivity contribution in [2.24, 2.45) is 0 Å². The maximum atomic E-state index is 11.7. The highest BCUT2D eigenvalue weighted by atomic mass is 16.6. The number of unbranched alkanes of at least 4 members (excludes halogenated alkanes) is 4. The summed E-state index contributed by atoms with van der Waals surface area (Å²) in [6.07, 6.45) is 6.36. The Bertz CT molecular complexity index is 765. The third kappa shape index (κ3) is 5.63. The van der Waals surface area contributed by atoms with Crippen molar-refractivity contribution in [3.8, 4) is 5.75 Å². The molecule has 0 bridgehead atoms. The van der Waals surface area contributed by atoms with E-state index in [0.717, 1.165) is 32.1 Å². The van der Waals surface area contributed by atoms with Crippen molar-refractivity contribution < 1.29 is 24.0 Å². The number of hydrogen-bond donors (Lipinski definition) is 2.